The van der Waals surface area contributed by atoms with E-state index in [2.05, 4.69) is 9.98 Å². The standard InChI is InChI=1S/C11H8N2O2/c14-7-12-11(13-8-15)6-5-9-3-1-2-4-10(9)11/h1-4H,5-6H2. The molecule has 0 amide bonds. The van der Waals surface area contributed by atoms with Crippen LogP contribution in [-0.4, -0.2) is 12.2 Å². The van der Waals surface area contributed by atoms with Gasteiger partial charge in [0.2, 0.25) is 12.2 Å². The number of nitrogens with zero attached hydrogens (tertiary/aromatic N) is 2. The van der Waals surface area contributed by atoms with Gasteiger partial charge < -0.3 is 0 Å². The van der Waals surface area contributed by atoms with Crippen LogP contribution in [-0.2, 0) is 21.7 Å². The van der Waals surface area contributed by atoms with E-state index in [1.165, 1.54) is 12.2 Å². The first-order valence-corrected chi connectivity index (χ1v) is 4.59. The summed E-state index contributed by atoms with van der Waals surface area (Å²) >= 11 is 0. The lowest BCUT2D eigenvalue weighted by molar-refractivity contribution is 0.452. The van der Waals surface area contributed by atoms with Crippen molar-refractivity contribution >= 4 is 12.2 Å². The van der Waals surface area contributed by atoms with Crippen LogP contribution >= 0.6 is 0 Å². The van der Waals surface area contributed by atoms with E-state index in [1.807, 2.05) is 24.3 Å². The molecule has 0 atom stereocenters. The molecule has 2 rings (SSSR count). The second kappa shape index (κ2) is 3.62. The highest BCUT2D eigenvalue weighted by atomic mass is 16.1. The summed E-state index contributed by atoms with van der Waals surface area (Å²) in [5.74, 6) is 0. The van der Waals surface area contributed by atoms with Crippen molar-refractivity contribution < 1.29 is 9.59 Å². The summed E-state index contributed by atoms with van der Waals surface area (Å²) in [7, 11) is 0. The maximum atomic E-state index is 10.4. The van der Waals surface area contributed by atoms with Crippen LogP contribution in [0.3, 0.4) is 0 Å². The normalized spacial score (nSPS) is 22.4. The van der Waals surface area contributed by atoms with Crippen LogP contribution in [0.5, 0.6) is 0 Å². The van der Waals surface area contributed by atoms with Crippen molar-refractivity contribution in [2.45, 2.75) is 18.5 Å². The molecule has 15 heavy (non-hydrogen) atoms. The summed E-state index contributed by atoms with van der Waals surface area (Å²) in [6.45, 7) is 0. The molecule has 0 spiro atoms. The first-order chi connectivity index (χ1) is 7.32. The average Bonchev–Trinajstić information content (AvgIpc) is 2.60. The minimum absolute atomic E-state index is 0.525. The van der Waals surface area contributed by atoms with Crippen LogP contribution in [0, 0.1) is 0 Å². The van der Waals surface area contributed by atoms with Crippen molar-refractivity contribution in [1.82, 2.24) is 0 Å². The van der Waals surface area contributed by atoms with Crippen LogP contribution in [0.15, 0.2) is 34.3 Å². The van der Waals surface area contributed by atoms with Crippen molar-refractivity contribution in [3.8, 4) is 0 Å². The van der Waals surface area contributed by atoms with Crippen LogP contribution in [0.2, 0.25) is 0 Å². The minimum Gasteiger partial charge on any atom is -0.211 e. The van der Waals surface area contributed by atoms with Crippen molar-refractivity contribution in [1.29, 1.82) is 0 Å². The van der Waals surface area contributed by atoms with E-state index < -0.39 is 5.66 Å². The van der Waals surface area contributed by atoms with E-state index in [9.17, 15) is 9.59 Å². The molecule has 4 heteroatoms. The molecule has 0 fully saturated rings. The highest BCUT2D eigenvalue weighted by Crippen LogP contribution is 2.40. The van der Waals surface area contributed by atoms with Crippen molar-refractivity contribution in [3.05, 3.63) is 35.4 Å². The van der Waals surface area contributed by atoms with Crippen molar-refractivity contribution in [2.24, 2.45) is 9.98 Å². The van der Waals surface area contributed by atoms with E-state index >= 15 is 0 Å². The predicted molar refractivity (Wildman–Crippen MR) is 52.7 cm³/mol. The summed E-state index contributed by atoms with van der Waals surface area (Å²) in [6.07, 6.45) is 4.24. The smallest absolute Gasteiger partial charge is 0.211 e. The topological polar surface area (TPSA) is 58.9 Å². The quantitative estimate of drug-likeness (QED) is 0.536. The summed E-state index contributed by atoms with van der Waals surface area (Å²) in [5.41, 5.74) is 0.798. The number of aryl methyl sites for hydroxylation is 1. The second-order valence-corrected chi connectivity index (χ2v) is 3.38. The molecule has 0 saturated carbocycles. The average molecular weight is 200 g/mol. The Hall–Kier alpha value is -2.02. The summed E-state index contributed by atoms with van der Waals surface area (Å²) in [5, 5.41) is 0. The Morgan fingerprint density at radius 2 is 1.80 bits per heavy atom. The number of isocyanates is 2. The number of carbonyl (C=O) groups excluding carboxylic acids is 2. The molecule has 1 aliphatic carbocycles. The molecule has 0 bridgehead atoms. The molecule has 0 radical (unpaired) electrons. The fourth-order valence-corrected chi connectivity index (χ4v) is 1.98. The fourth-order valence-electron chi connectivity index (χ4n) is 1.98. The summed E-state index contributed by atoms with van der Waals surface area (Å²) < 4.78 is 0. The Bertz CT molecular complexity index is 465. The van der Waals surface area contributed by atoms with Crippen LogP contribution < -0.4 is 0 Å². The molecule has 0 saturated heterocycles. The Labute approximate surface area is 86.4 Å². The van der Waals surface area contributed by atoms with Gasteiger partial charge in [0, 0.05) is 12.0 Å². The largest absolute Gasteiger partial charge is 0.237 e. The van der Waals surface area contributed by atoms with Crippen molar-refractivity contribution in [2.75, 3.05) is 0 Å². The summed E-state index contributed by atoms with van der Waals surface area (Å²) in [4.78, 5) is 28.0. The lowest BCUT2D eigenvalue weighted by atomic mass is 10.0. The van der Waals surface area contributed by atoms with Gasteiger partial charge in [0.1, 0.15) is 0 Å². The SMILES string of the molecule is O=C=NC1(N=C=O)CCc2ccccc21. The van der Waals surface area contributed by atoms with E-state index in [4.69, 9.17) is 0 Å². The lowest BCUT2D eigenvalue weighted by Crippen LogP contribution is -2.16. The number of benzene rings is 1. The molecule has 1 aromatic rings. The predicted octanol–water partition coefficient (Wildman–Crippen LogP) is 1.46. The van der Waals surface area contributed by atoms with Crippen LogP contribution in [0.4, 0.5) is 0 Å². The Balaban J connectivity index is 2.63. The molecule has 4 nitrogen and oxygen atoms in total. The zero-order valence-electron chi connectivity index (χ0n) is 7.93. The van der Waals surface area contributed by atoms with Gasteiger partial charge in [-0.3, -0.25) is 0 Å². The van der Waals surface area contributed by atoms with Gasteiger partial charge in [-0.15, -0.1) is 0 Å². The van der Waals surface area contributed by atoms with E-state index in [0.717, 1.165) is 17.5 Å². The first-order valence-electron chi connectivity index (χ1n) is 4.59. The maximum absolute atomic E-state index is 10.4. The minimum atomic E-state index is -1.07. The fraction of sp³-hybridized carbons (Fsp3) is 0.273. The Kier molecular flexibility index (Phi) is 2.30. The third-order valence-corrected chi connectivity index (χ3v) is 2.65. The maximum Gasteiger partial charge on any atom is 0.237 e. The van der Waals surface area contributed by atoms with E-state index in [0.29, 0.717) is 6.42 Å². The highest BCUT2D eigenvalue weighted by molar-refractivity contribution is 5.47. The van der Waals surface area contributed by atoms with Gasteiger partial charge in [0.25, 0.3) is 0 Å². The third-order valence-electron chi connectivity index (χ3n) is 2.65. The number of aliphatic imine (C=N–C) groups is 2. The second-order valence-electron chi connectivity index (χ2n) is 3.38. The number of hydrogen-bond acceptors (Lipinski definition) is 4. The van der Waals surface area contributed by atoms with E-state index in [-0.39, 0.29) is 0 Å². The zero-order chi connectivity index (χ0) is 10.7. The molecular weight excluding hydrogens is 192 g/mol. The zero-order valence-corrected chi connectivity index (χ0v) is 7.93. The van der Waals surface area contributed by atoms with Gasteiger partial charge >= 0.3 is 0 Å². The third kappa shape index (κ3) is 1.42. The molecule has 0 heterocycles. The van der Waals surface area contributed by atoms with Crippen molar-refractivity contribution in [3.63, 3.8) is 0 Å². The Morgan fingerprint density at radius 1 is 1.13 bits per heavy atom. The van der Waals surface area contributed by atoms with E-state index in [1.54, 1.807) is 0 Å². The first kappa shape index (κ1) is 9.53. The molecule has 0 aliphatic heterocycles. The number of fused-ring (bicyclic) bond motifs is 1. The molecule has 1 aliphatic rings. The monoisotopic (exact) mass is 200 g/mol. The Morgan fingerprint density at radius 3 is 2.47 bits per heavy atom. The van der Waals surface area contributed by atoms with Gasteiger partial charge in [-0.1, -0.05) is 24.3 Å². The van der Waals surface area contributed by atoms with Crippen LogP contribution in [0.1, 0.15) is 17.5 Å². The molecule has 0 aromatic heterocycles. The highest BCUT2D eigenvalue weighted by Gasteiger charge is 2.38. The molecule has 0 unspecified atom stereocenters. The molecular formula is C11H8N2O2. The van der Waals surface area contributed by atoms with Gasteiger partial charge in [-0.25, -0.2) is 9.59 Å². The number of hydrogen-bond donors (Lipinski definition) is 0. The van der Waals surface area contributed by atoms with Gasteiger partial charge in [-0.2, -0.15) is 9.98 Å². The van der Waals surface area contributed by atoms with Gasteiger partial charge in [0.15, 0.2) is 5.66 Å². The molecule has 0 N–H and O–H groups in total. The summed E-state index contributed by atoms with van der Waals surface area (Å²) in [6, 6.07) is 7.51. The van der Waals surface area contributed by atoms with Crippen LogP contribution in [0.25, 0.3) is 0 Å². The molecule has 1 aromatic carbocycles. The number of rotatable bonds is 2. The molecule has 74 valence electrons. The van der Waals surface area contributed by atoms with Gasteiger partial charge in [-0.05, 0) is 12.0 Å². The lowest BCUT2D eigenvalue weighted by Gasteiger charge is -2.15. The van der Waals surface area contributed by atoms with Gasteiger partial charge in [0.05, 0.1) is 0 Å².